The van der Waals surface area contributed by atoms with Crippen LogP contribution in [0.15, 0.2) is 114 Å². The van der Waals surface area contributed by atoms with E-state index in [0.29, 0.717) is 22.8 Å². The zero-order valence-corrected chi connectivity index (χ0v) is 26.6. The van der Waals surface area contributed by atoms with Gasteiger partial charge in [-0.25, -0.2) is 8.42 Å². The lowest BCUT2D eigenvalue weighted by atomic mass is 10.0. The molecule has 4 aromatic carbocycles. The van der Waals surface area contributed by atoms with Crippen molar-refractivity contribution in [2.75, 3.05) is 17.4 Å². The summed E-state index contributed by atoms with van der Waals surface area (Å²) in [6.45, 7) is 3.87. The number of rotatable bonds is 14. The van der Waals surface area contributed by atoms with Crippen LogP contribution < -0.4 is 9.62 Å². The van der Waals surface area contributed by atoms with Gasteiger partial charge in [-0.2, -0.15) is 0 Å². The van der Waals surface area contributed by atoms with Gasteiger partial charge in [0.25, 0.3) is 10.0 Å². The van der Waals surface area contributed by atoms with Crippen molar-refractivity contribution in [2.45, 2.75) is 50.6 Å². The second kappa shape index (κ2) is 15.5. The van der Waals surface area contributed by atoms with Crippen LogP contribution in [0.4, 0.5) is 5.69 Å². The Morgan fingerprint density at radius 1 is 0.841 bits per heavy atom. The average molecular weight is 632 g/mol. The summed E-state index contributed by atoms with van der Waals surface area (Å²) in [6.07, 6.45) is 1.95. The van der Waals surface area contributed by atoms with Crippen LogP contribution in [0.2, 0.25) is 5.02 Å². The number of carbonyl (C=O) groups excluding carboxylic acids is 2. The Bertz CT molecular complexity index is 1650. The van der Waals surface area contributed by atoms with Gasteiger partial charge < -0.3 is 10.2 Å². The molecule has 0 bridgehead atoms. The van der Waals surface area contributed by atoms with Gasteiger partial charge in [0, 0.05) is 24.5 Å². The smallest absolute Gasteiger partial charge is 0.264 e. The number of hydrogen-bond donors (Lipinski definition) is 1. The molecule has 4 aromatic rings. The molecule has 230 valence electrons. The number of unbranched alkanes of at least 4 members (excludes halogenated alkanes) is 1. The molecule has 0 heterocycles. The van der Waals surface area contributed by atoms with E-state index in [1.165, 1.54) is 17.0 Å². The normalized spacial score (nSPS) is 11.9. The number of sulfonamides is 1. The minimum absolute atomic E-state index is 0.0606. The Kier molecular flexibility index (Phi) is 11.6. The number of anilines is 1. The van der Waals surface area contributed by atoms with Crippen molar-refractivity contribution < 1.29 is 18.0 Å². The number of carbonyl (C=O) groups is 2. The molecule has 7 nitrogen and oxygen atoms in total. The standard InChI is InChI=1S/C35H38ClN3O4S/c1-3-4-22-37-35(41)33(24-28-15-7-5-8-16-28)38(25-29-17-13-18-30(36)23-29)34(40)26-39(32-21-12-11-14-27(32)2)44(42,43)31-19-9-6-10-20-31/h5-21,23,33H,3-4,22,24-26H2,1-2H3,(H,37,41)/t33-/m0/s1. The Morgan fingerprint density at radius 3 is 2.14 bits per heavy atom. The van der Waals surface area contributed by atoms with Crippen LogP contribution in [0.3, 0.4) is 0 Å². The number of benzene rings is 4. The summed E-state index contributed by atoms with van der Waals surface area (Å²) in [5.41, 5.74) is 2.68. The molecule has 0 spiro atoms. The van der Waals surface area contributed by atoms with Gasteiger partial charge in [0.2, 0.25) is 11.8 Å². The van der Waals surface area contributed by atoms with E-state index in [2.05, 4.69) is 5.32 Å². The molecule has 2 amide bonds. The molecule has 0 aliphatic rings. The molecule has 4 rings (SSSR count). The minimum Gasteiger partial charge on any atom is -0.354 e. The molecular weight excluding hydrogens is 594 g/mol. The van der Waals surface area contributed by atoms with Crippen LogP contribution in [0, 0.1) is 6.92 Å². The van der Waals surface area contributed by atoms with E-state index in [1.807, 2.05) is 49.4 Å². The number of halogens is 1. The highest BCUT2D eigenvalue weighted by molar-refractivity contribution is 7.92. The fraction of sp³-hybridized carbons (Fsp3) is 0.257. The van der Waals surface area contributed by atoms with Crippen molar-refractivity contribution in [3.05, 3.63) is 131 Å². The van der Waals surface area contributed by atoms with E-state index >= 15 is 0 Å². The van der Waals surface area contributed by atoms with Crippen molar-refractivity contribution in [1.29, 1.82) is 0 Å². The van der Waals surface area contributed by atoms with Gasteiger partial charge >= 0.3 is 0 Å². The van der Waals surface area contributed by atoms with Gasteiger partial charge in [0.15, 0.2) is 0 Å². The summed E-state index contributed by atoms with van der Waals surface area (Å²) < 4.78 is 29.3. The van der Waals surface area contributed by atoms with Crippen LogP contribution in [0.1, 0.15) is 36.5 Å². The van der Waals surface area contributed by atoms with Gasteiger partial charge in [-0.15, -0.1) is 0 Å². The van der Waals surface area contributed by atoms with Gasteiger partial charge in [-0.1, -0.05) is 104 Å². The highest BCUT2D eigenvalue weighted by Crippen LogP contribution is 2.28. The van der Waals surface area contributed by atoms with Gasteiger partial charge in [0.1, 0.15) is 12.6 Å². The van der Waals surface area contributed by atoms with Crippen molar-refractivity contribution >= 4 is 39.1 Å². The Hall–Kier alpha value is -4.14. The average Bonchev–Trinajstić information content (AvgIpc) is 3.03. The number of nitrogens with one attached hydrogen (secondary N) is 1. The molecule has 9 heteroatoms. The molecule has 0 aliphatic heterocycles. The van der Waals surface area contributed by atoms with Crippen LogP contribution >= 0.6 is 11.6 Å². The molecule has 0 fully saturated rings. The van der Waals surface area contributed by atoms with Crippen LogP contribution in [0.5, 0.6) is 0 Å². The van der Waals surface area contributed by atoms with Crippen LogP contribution in [-0.2, 0) is 32.6 Å². The lowest BCUT2D eigenvalue weighted by Gasteiger charge is -2.34. The SMILES string of the molecule is CCCCNC(=O)[C@H](Cc1ccccc1)N(Cc1cccc(Cl)c1)C(=O)CN(c1ccccc1C)S(=O)(=O)c1ccccc1. The summed E-state index contributed by atoms with van der Waals surface area (Å²) in [5, 5.41) is 3.49. The van der Waals surface area contributed by atoms with Crippen molar-refractivity contribution in [3.63, 3.8) is 0 Å². The van der Waals surface area contributed by atoms with Gasteiger partial charge in [0.05, 0.1) is 10.6 Å². The van der Waals surface area contributed by atoms with Gasteiger partial charge in [-0.3, -0.25) is 13.9 Å². The molecular formula is C35H38ClN3O4S. The zero-order valence-electron chi connectivity index (χ0n) is 25.0. The summed E-state index contributed by atoms with van der Waals surface area (Å²) in [7, 11) is -4.14. The molecule has 0 saturated heterocycles. The third kappa shape index (κ3) is 8.49. The number of para-hydroxylation sites is 1. The fourth-order valence-electron chi connectivity index (χ4n) is 4.97. The summed E-state index contributed by atoms with van der Waals surface area (Å²) in [5.74, 6) is -0.814. The van der Waals surface area contributed by atoms with E-state index in [4.69, 9.17) is 11.6 Å². The highest BCUT2D eigenvalue weighted by Gasteiger charge is 2.35. The molecule has 0 unspecified atom stereocenters. The van der Waals surface area contributed by atoms with E-state index in [9.17, 15) is 18.0 Å². The summed E-state index contributed by atoms with van der Waals surface area (Å²) in [6, 6.07) is 30.8. The Morgan fingerprint density at radius 2 is 1.48 bits per heavy atom. The zero-order chi connectivity index (χ0) is 31.5. The fourth-order valence-corrected chi connectivity index (χ4v) is 6.68. The topological polar surface area (TPSA) is 86.8 Å². The Balaban J connectivity index is 1.79. The van der Waals surface area contributed by atoms with Crippen molar-refractivity contribution in [1.82, 2.24) is 10.2 Å². The quantitative estimate of drug-likeness (QED) is 0.163. The first-order valence-corrected chi connectivity index (χ1v) is 16.5. The maximum Gasteiger partial charge on any atom is 0.264 e. The number of hydrogen-bond acceptors (Lipinski definition) is 4. The molecule has 1 atom stereocenters. The maximum absolute atomic E-state index is 14.5. The largest absolute Gasteiger partial charge is 0.354 e. The first-order chi connectivity index (χ1) is 21.2. The second-order valence-electron chi connectivity index (χ2n) is 10.6. The number of nitrogens with zero attached hydrogens (tertiary/aromatic N) is 2. The van der Waals surface area contributed by atoms with E-state index in [-0.39, 0.29) is 23.8 Å². The minimum atomic E-state index is -4.14. The molecule has 0 aromatic heterocycles. The monoisotopic (exact) mass is 631 g/mol. The lowest BCUT2D eigenvalue weighted by Crippen LogP contribution is -2.53. The first kappa shape index (κ1) is 32.8. The lowest BCUT2D eigenvalue weighted by molar-refractivity contribution is -0.140. The third-order valence-electron chi connectivity index (χ3n) is 7.34. The maximum atomic E-state index is 14.5. The van der Waals surface area contributed by atoms with E-state index < -0.39 is 28.5 Å². The highest BCUT2D eigenvalue weighted by atomic mass is 35.5. The second-order valence-corrected chi connectivity index (χ2v) is 12.9. The molecule has 44 heavy (non-hydrogen) atoms. The number of amides is 2. The van der Waals surface area contributed by atoms with E-state index in [0.717, 1.165) is 28.3 Å². The molecule has 0 saturated carbocycles. The molecule has 0 radical (unpaired) electrons. The predicted octanol–water partition coefficient (Wildman–Crippen LogP) is 6.40. The summed E-state index contributed by atoms with van der Waals surface area (Å²) in [4.78, 5) is 29.8. The molecule has 0 aliphatic carbocycles. The Labute approximate surface area is 265 Å². The van der Waals surface area contributed by atoms with Crippen molar-refractivity contribution in [2.24, 2.45) is 0 Å². The van der Waals surface area contributed by atoms with Crippen LogP contribution in [-0.4, -0.2) is 44.3 Å². The third-order valence-corrected chi connectivity index (χ3v) is 9.35. The van der Waals surface area contributed by atoms with Gasteiger partial charge in [-0.05, 0) is 60.4 Å². The van der Waals surface area contributed by atoms with E-state index in [1.54, 1.807) is 61.5 Å². The van der Waals surface area contributed by atoms with Crippen molar-refractivity contribution in [3.8, 4) is 0 Å². The first-order valence-electron chi connectivity index (χ1n) is 14.7. The predicted molar refractivity (Wildman–Crippen MR) is 176 cm³/mol. The number of aryl methyl sites for hydroxylation is 1. The van der Waals surface area contributed by atoms with Crippen LogP contribution in [0.25, 0.3) is 0 Å². The summed E-state index contributed by atoms with van der Waals surface area (Å²) >= 11 is 6.30. The molecule has 1 N–H and O–H groups in total.